The van der Waals surface area contributed by atoms with Gasteiger partial charge in [-0.05, 0) is 107 Å². The second-order valence-corrected chi connectivity index (χ2v) is 30.7. The van der Waals surface area contributed by atoms with Gasteiger partial charge in [-0.25, -0.2) is 47.4 Å². The number of nitrogens with zero attached hydrogens (tertiary/aromatic N) is 8. The number of carbonyl (C=O) groups is 7. The van der Waals surface area contributed by atoms with Crippen LogP contribution in [0.3, 0.4) is 0 Å². The van der Waals surface area contributed by atoms with Crippen molar-refractivity contribution in [3.05, 3.63) is 124 Å². The summed E-state index contributed by atoms with van der Waals surface area (Å²) < 4.78 is 192. The highest BCUT2D eigenvalue weighted by molar-refractivity contribution is 7.46. The molecule has 2 aromatic heterocycles. The lowest BCUT2D eigenvalue weighted by molar-refractivity contribution is -0.221. The summed E-state index contributed by atoms with van der Waals surface area (Å²) in [6.45, 7) is 2.36. The number of carboxylic acid groups (broad SMARTS) is 1. The molecule has 111 heavy (non-hydrogen) atoms. The number of piperazine rings is 1. The number of aliphatic hydroxyl groups is 1. The number of aliphatic hydroxyl groups excluding tert-OH is 1. The largest absolute Gasteiger partial charge is 0.524 e. The quantitative estimate of drug-likeness (QED) is 0.00590. The molecule has 6 heterocycles. The molecule has 0 radical (unpaired) electrons. The summed E-state index contributed by atoms with van der Waals surface area (Å²) in [6, 6.07) is 4.37. The number of nitrogens with one attached hydrogen (secondary N) is 3. The van der Waals surface area contributed by atoms with Gasteiger partial charge >= 0.3 is 50.8 Å². The molecular weight excluding hydrogens is 1510 g/mol. The number of carbonyl (C=O) groups excluding carboxylic acids is 6. The number of phosphoric ester groups is 1. The normalized spacial score (nSPS) is 19.0. The van der Waals surface area contributed by atoms with Crippen molar-refractivity contribution in [3.63, 3.8) is 0 Å². The predicted molar refractivity (Wildman–Crippen MR) is 371 cm³/mol. The average Bonchev–Trinajstić information content (AvgIpc) is 1.75. The molecule has 604 valence electrons. The van der Waals surface area contributed by atoms with E-state index in [2.05, 4.69) is 51.6 Å². The number of methoxy groups -OCH3 is 2. The number of hydrogen-bond donors (Lipinski definition) is 7. The van der Waals surface area contributed by atoms with Crippen LogP contribution < -0.4 is 25.5 Å². The van der Waals surface area contributed by atoms with Crippen LogP contribution in [-0.4, -0.2) is 211 Å². The Balaban J connectivity index is 1.17. The third-order valence-electron chi connectivity index (χ3n) is 20.3. The van der Waals surface area contributed by atoms with E-state index in [1.54, 1.807) is 5.32 Å². The first-order chi connectivity index (χ1) is 51.8. The number of amides is 4. The van der Waals surface area contributed by atoms with Crippen molar-refractivity contribution in [2.45, 2.75) is 173 Å². The molecule has 4 aliphatic heterocycles. The molecule has 4 fully saturated rings. The number of halogens is 10. The zero-order chi connectivity index (χ0) is 81.8. The topological polar surface area (TPSA) is 356 Å². The maximum atomic E-state index is 16.9. The zero-order valence-corrected chi connectivity index (χ0v) is 62.4. The molecule has 2 bridgehead atoms. The van der Waals surface area contributed by atoms with Crippen LogP contribution in [0.1, 0.15) is 119 Å². The predicted octanol–water partition coefficient (Wildman–Crippen LogP) is 8.39. The van der Waals surface area contributed by atoms with Gasteiger partial charge in [-0.3, -0.25) is 39.3 Å². The second kappa shape index (κ2) is 34.2. The summed E-state index contributed by atoms with van der Waals surface area (Å²) in [5.41, 5.74) is -7.84. The minimum Gasteiger partial charge on any atom is -0.480 e. The van der Waals surface area contributed by atoms with E-state index in [1.165, 1.54) is 63.5 Å². The number of ketones is 1. The molecule has 8 atom stereocenters. The molecule has 2 unspecified atom stereocenters. The Morgan fingerprint density at radius 2 is 1.36 bits per heavy atom. The lowest BCUT2D eigenvalue weighted by Crippen LogP contribution is -2.62. The number of aromatic nitrogens is 4. The van der Waals surface area contributed by atoms with Gasteiger partial charge in [0, 0.05) is 103 Å². The number of fused-ring (bicyclic) bond motifs is 2. The molecule has 39 heteroatoms. The van der Waals surface area contributed by atoms with Gasteiger partial charge in [-0.2, -0.15) is 40.2 Å². The number of benzene rings is 3. The van der Waals surface area contributed by atoms with E-state index in [0.29, 0.717) is 106 Å². The maximum absolute atomic E-state index is 16.9. The monoisotopic (exact) mass is 1600 g/mol. The molecule has 0 spiro atoms. The SMILES string of the molecule is COC(=O)N[C@H](C(=O)C[C@@H](Cc1ccc(C#Cc2cnc(N3CC4CCC(C3)N4C3COC3)nc2)cc1)[C@H](CN(Cc1c(F)cc(-c2ccn(C(F)F)n2)cc1F)NC(=O)[C@@H](NC(=O)OC)C(C)(C)C(F)(F)F)OC(=O)CC(C)(C)c1c(CC(=O)N2C[C@@H](O)C[C@H]2C(=O)O)cc(C)cc1OP(=O)(O)O)C(C)(C)C(F)(F)F. The van der Waals surface area contributed by atoms with E-state index in [0.717, 1.165) is 50.3 Å². The number of anilines is 1. The fourth-order valence-electron chi connectivity index (χ4n) is 14.2. The number of rotatable bonds is 29. The number of carboxylic acids is 1. The molecule has 3 aromatic carbocycles. The van der Waals surface area contributed by atoms with Gasteiger partial charge in [0.25, 0.3) is 5.91 Å². The van der Waals surface area contributed by atoms with Gasteiger partial charge < -0.3 is 54.1 Å². The molecule has 4 saturated heterocycles. The van der Waals surface area contributed by atoms with Crippen LogP contribution in [-0.2, 0) is 72.3 Å². The van der Waals surface area contributed by atoms with Gasteiger partial charge in [0.05, 0.1) is 81.1 Å². The van der Waals surface area contributed by atoms with Gasteiger partial charge in [-0.1, -0.05) is 43.9 Å². The molecule has 4 amide bonds. The van der Waals surface area contributed by atoms with Crippen LogP contribution in [0, 0.1) is 47.1 Å². The van der Waals surface area contributed by atoms with E-state index < -0.39 is 207 Å². The standard InChI is InChI=1S/C72H84F10N11O17P/c1-38-20-44(26-57(96)91-33-48(94)27-53(91)63(99)100)59(55(21-38)110-111(103,104)105)68(2,3)28-58(97)109-56(35-90(88-62(98)61(86-67(102)107-9)70(6,7)72(80,81)82)34-49-50(73)23-42(24-51(49)74)52-18-19-92(87-52)64(75)76)43(25-54(95)60(85-66(101)106-8)69(4,5)71(77,78)79)22-40-13-10-39(11-14-40)12-15-41-29-83-65(84-30-41)89-31-45-16-17-46(32-89)93(45)47-36-108-37-47/h10-11,13-14,18-21,23-24,29-30,43,45-48,53,56,60-61,64,94H,16-17,22,25-28,31-37H2,1-9H3,(H,85,101)(H,86,102)(H,88,98)(H,99,100)(H2,103,104,105)/t43-,45?,46?,48+,53+,56+,60-,61-/m1/s1. The molecule has 0 aliphatic carbocycles. The number of hydrogen-bond acceptors (Lipinski definition) is 20. The number of phosphoric acid groups is 1. The Morgan fingerprint density at radius 3 is 1.89 bits per heavy atom. The second-order valence-electron chi connectivity index (χ2n) is 29.5. The number of alkyl halides is 8. The van der Waals surface area contributed by atoms with Crippen LogP contribution in [0.4, 0.5) is 59.4 Å². The smallest absolute Gasteiger partial charge is 0.480 e. The first-order valence-corrected chi connectivity index (χ1v) is 36.3. The highest BCUT2D eigenvalue weighted by atomic mass is 31.2. The zero-order valence-electron chi connectivity index (χ0n) is 61.5. The van der Waals surface area contributed by atoms with Crippen LogP contribution in [0.5, 0.6) is 5.75 Å². The fourth-order valence-corrected chi connectivity index (χ4v) is 14.6. The number of ether oxygens (including phenoxy) is 4. The lowest BCUT2D eigenvalue weighted by atomic mass is 9.77. The van der Waals surface area contributed by atoms with Crippen molar-refractivity contribution in [2.24, 2.45) is 16.7 Å². The van der Waals surface area contributed by atoms with Gasteiger partial charge in [-0.15, -0.1) is 0 Å². The Morgan fingerprint density at radius 1 is 0.784 bits per heavy atom. The molecule has 5 aromatic rings. The van der Waals surface area contributed by atoms with E-state index >= 15 is 44.7 Å². The fraction of sp³-hybridized carbons (Fsp3) is 0.528. The summed E-state index contributed by atoms with van der Waals surface area (Å²) >= 11 is 0. The maximum Gasteiger partial charge on any atom is 0.524 e. The average molecular weight is 1600 g/mol. The Labute approximate surface area is 630 Å². The van der Waals surface area contributed by atoms with Crippen LogP contribution in [0.25, 0.3) is 11.3 Å². The van der Waals surface area contributed by atoms with Crippen molar-refractivity contribution in [3.8, 4) is 28.8 Å². The summed E-state index contributed by atoms with van der Waals surface area (Å²) in [6.07, 6.45) is -15.7. The van der Waals surface area contributed by atoms with E-state index in [9.17, 15) is 57.3 Å². The molecular formula is C72H84F10N11O17P. The summed E-state index contributed by atoms with van der Waals surface area (Å²) in [5, 5.41) is 28.3. The van der Waals surface area contributed by atoms with E-state index in [4.69, 9.17) is 14.0 Å². The molecule has 7 N–H and O–H groups in total. The third kappa shape index (κ3) is 20.6. The molecule has 0 saturated carbocycles. The van der Waals surface area contributed by atoms with Crippen molar-refractivity contribution < 1.29 is 126 Å². The van der Waals surface area contributed by atoms with Gasteiger partial charge in [0.15, 0.2) is 5.78 Å². The molecule has 4 aliphatic rings. The van der Waals surface area contributed by atoms with Crippen LogP contribution in [0.15, 0.2) is 73.2 Å². The number of alkyl carbamates (subject to hydrolysis) is 2. The number of aryl methyl sites for hydroxylation is 1. The first kappa shape index (κ1) is 85.5. The Bertz CT molecular complexity index is 4340. The van der Waals surface area contributed by atoms with Crippen molar-refractivity contribution in [1.82, 2.24) is 50.6 Å². The van der Waals surface area contributed by atoms with Crippen molar-refractivity contribution >= 4 is 55.5 Å². The highest BCUT2D eigenvalue weighted by Crippen LogP contribution is 2.48. The van der Waals surface area contributed by atoms with Gasteiger partial charge in [0.1, 0.15) is 41.6 Å². The number of esters is 1. The molecule has 28 nitrogen and oxygen atoms in total. The first-order valence-electron chi connectivity index (χ1n) is 34.8. The van der Waals surface area contributed by atoms with Crippen molar-refractivity contribution in [1.29, 1.82) is 0 Å². The number of aliphatic carboxylic acids is 1. The van der Waals surface area contributed by atoms with Crippen LogP contribution >= 0.6 is 7.82 Å². The highest BCUT2D eigenvalue weighted by Gasteiger charge is 2.58. The van der Waals surface area contributed by atoms with E-state index in [1.807, 2.05) is 5.32 Å². The lowest BCUT2D eigenvalue weighted by Gasteiger charge is -2.47. The number of likely N-dealkylation sites (tertiary alicyclic amines) is 1. The molecule has 9 rings (SSSR count). The Hall–Kier alpha value is -9.51. The van der Waals surface area contributed by atoms with Gasteiger partial charge in [0.2, 0.25) is 11.9 Å². The number of hydrazine groups is 1. The van der Waals surface area contributed by atoms with Crippen molar-refractivity contribution in [2.75, 3.05) is 58.5 Å². The van der Waals surface area contributed by atoms with Crippen LogP contribution in [0.2, 0.25) is 0 Å². The Kier molecular flexibility index (Phi) is 26.4. The number of β-amino-alcohol motifs (C(OH)–C–C–N with tert-alkyl or cyclic N) is 1. The summed E-state index contributed by atoms with van der Waals surface area (Å²) in [5.74, 6) is -6.44. The third-order valence-corrected chi connectivity index (χ3v) is 20.7. The number of Topliss-reactive ketones (excluding diaryl/α,β-unsaturated/α-hetero) is 1. The summed E-state index contributed by atoms with van der Waals surface area (Å²) in [4.78, 5) is 133. The minimum absolute atomic E-state index is 0.134. The summed E-state index contributed by atoms with van der Waals surface area (Å²) in [7, 11) is -4.13. The van der Waals surface area contributed by atoms with E-state index in [-0.39, 0.29) is 26.9 Å². The minimum atomic E-state index is -5.62.